The van der Waals surface area contributed by atoms with E-state index in [0.717, 1.165) is 5.01 Å². The number of nitrogens with zero attached hydrogens (tertiary/aromatic N) is 3. The Balaban J connectivity index is 2.62. The molecule has 0 aliphatic rings. The highest BCUT2D eigenvalue weighted by Crippen LogP contribution is 2.40. The zero-order valence-electron chi connectivity index (χ0n) is 21.6. The molecule has 0 aliphatic heterocycles. The summed E-state index contributed by atoms with van der Waals surface area (Å²) in [7, 11) is -3.72. The Hall–Kier alpha value is -2.63. The number of nitrogens with one attached hydrogen (secondary N) is 2. The molecule has 11 heteroatoms. The van der Waals surface area contributed by atoms with Crippen LogP contribution < -0.4 is 10.0 Å². The Labute approximate surface area is 217 Å². The summed E-state index contributed by atoms with van der Waals surface area (Å²) in [5, 5.41) is 12.8. The third-order valence-corrected chi connectivity index (χ3v) is 7.80. The number of halogens is 1. The Morgan fingerprint density at radius 3 is 2.61 bits per heavy atom. The molecule has 198 valence electrons. The van der Waals surface area contributed by atoms with Gasteiger partial charge in [-0.25, -0.2) is 27.8 Å². The van der Waals surface area contributed by atoms with Crippen molar-refractivity contribution < 1.29 is 17.9 Å². The minimum absolute atomic E-state index is 0.0416. The molecule has 2 heterocycles. The second kappa shape index (κ2) is 13.1. The zero-order valence-corrected chi connectivity index (χ0v) is 23.2. The van der Waals surface area contributed by atoms with Crippen LogP contribution in [0.1, 0.15) is 64.6 Å². The predicted octanol–water partition coefficient (Wildman–Crippen LogP) is 5.18. The van der Waals surface area contributed by atoms with E-state index in [0.29, 0.717) is 48.0 Å². The number of hydrogen-bond donors (Lipinski definition) is 3. The third kappa shape index (κ3) is 8.21. The number of aliphatic hydroxyl groups excluding tert-OH is 1. The molecule has 0 fully saturated rings. The third-order valence-electron chi connectivity index (χ3n) is 4.82. The predicted molar refractivity (Wildman–Crippen MR) is 146 cm³/mol. The monoisotopic (exact) mass is 537 g/mol. The number of thiazole rings is 1. The van der Waals surface area contributed by atoms with Crippen molar-refractivity contribution in [3.05, 3.63) is 53.2 Å². The smallest absolute Gasteiger partial charge is 0.232 e. The molecule has 0 unspecified atom stereocenters. The molecule has 0 atom stereocenters. The first-order valence-electron chi connectivity index (χ1n) is 11.9. The van der Waals surface area contributed by atoms with Crippen molar-refractivity contribution >= 4 is 32.9 Å². The van der Waals surface area contributed by atoms with E-state index in [1.807, 2.05) is 27.7 Å². The van der Waals surface area contributed by atoms with Crippen molar-refractivity contribution in [3.8, 4) is 10.6 Å². The first-order valence-corrected chi connectivity index (χ1v) is 14.4. The Bertz CT molecular complexity index is 1210. The molecule has 0 amide bonds. The highest BCUT2D eigenvalue weighted by molar-refractivity contribution is 7.89. The number of sulfonamides is 1. The van der Waals surface area contributed by atoms with Crippen molar-refractivity contribution in [1.29, 1.82) is 0 Å². The second-order valence-corrected chi connectivity index (χ2v) is 12.0. The molecule has 0 bridgehead atoms. The number of allylic oxidation sites excluding steroid dienone is 4. The quantitative estimate of drug-likeness (QED) is 0.238. The van der Waals surface area contributed by atoms with Crippen molar-refractivity contribution in [2.24, 2.45) is 0 Å². The average Bonchev–Trinajstić information content (AvgIpc) is 3.27. The molecule has 0 saturated heterocycles. The van der Waals surface area contributed by atoms with E-state index >= 15 is 4.39 Å². The molecule has 8 nitrogen and oxygen atoms in total. The molecule has 0 saturated carbocycles. The van der Waals surface area contributed by atoms with Gasteiger partial charge in [-0.3, -0.25) is 4.72 Å². The van der Waals surface area contributed by atoms with Gasteiger partial charge in [-0.2, -0.15) is 0 Å². The maximum Gasteiger partial charge on any atom is 0.232 e. The van der Waals surface area contributed by atoms with Crippen LogP contribution in [0.3, 0.4) is 0 Å². The molecule has 0 aromatic carbocycles. The summed E-state index contributed by atoms with van der Waals surface area (Å²) in [5.74, 6) is -0.556. The Morgan fingerprint density at radius 1 is 1.28 bits per heavy atom. The Morgan fingerprint density at radius 2 is 2.00 bits per heavy atom. The number of rotatable bonds is 13. The van der Waals surface area contributed by atoms with Crippen LogP contribution in [0.2, 0.25) is 0 Å². The van der Waals surface area contributed by atoms with E-state index < -0.39 is 15.9 Å². The number of aromatic nitrogens is 3. The summed E-state index contributed by atoms with van der Waals surface area (Å²) in [6.45, 7) is 14.1. The van der Waals surface area contributed by atoms with Crippen LogP contribution in [-0.2, 0) is 15.4 Å². The van der Waals surface area contributed by atoms with Gasteiger partial charge in [-0.05, 0) is 31.4 Å². The molecular formula is C25H36FN5O3S2. The molecule has 2 aromatic rings. The lowest BCUT2D eigenvalue weighted by molar-refractivity contribution is 0.292. The number of aliphatic hydroxyl groups is 1. The van der Waals surface area contributed by atoms with Gasteiger partial charge in [0.05, 0.1) is 32.7 Å². The lowest BCUT2D eigenvalue weighted by Gasteiger charge is -2.14. The van der Waals surface area contributed by atoms with Gasteiger partial charge in [-0.1, -0.05) is 47.3 Å². The van der Waals surface area contributed by atoms with Crippen LogP contribution in [-0.4, -0.2) is 47.4 Å². The standard InChI is InChI=1S/C25H36FN5O3S2/c1-7-9-11-18(31-36(33,34)16-8-2)20(26)17(3)21-22(35-23(30-21)25(4,5)6)19-12-14-28-24(29-19)27-13-10-15-32/h9,11-12,14,31-32H,3,7-8,10,13,15-16H2,1-2,4-6H3,(H,27,28,29)/b11-9-,20-18-. The fraction of sp³-hybridized carbons (Fsp3) is 0.480. The van der Waals surface area contributed by atoms with Crippen LogP contribution in [0.15, 0.2) is 42.5 Å². The summed E-state index contributed by atoms with van der Waals surface area (Å²) < 4.78 is 43.0. The minimum Gasteiger partial charge on any atom is -0.396 e. The van der Waals surface area contributed by atoms with Crippen LogP contribution in [0.25, 0.3) is 16.1 Å². The van der Waals surface area contributed by atoms with Crippen molar-refractivity contribution in [2.75, 3.05) is 24.2 Å². The van der Waals surface area contributed by atoms with Gasteiger partial charge in [0.1, 0.15) is 0 Å². The number of anilines is 1. The summed E-state index contributed by atoms with van der Waals surface area (Å²) in [5.41, 5.74) is 0.284. The van der Waals surface area contributed by atoms with Crippen LogP contribution in [0.4, 0.5) is 10.3 Å². The molecule has 36 heavy (non-hydrogen) atoms. The van der Waals surface area contributed by atoms with Gasteiger partial charge in [0.2, 0.25) is 16.0 Å². The highest BCUT2D eigenvalue weighted by atomic mass is 32.2. The van der Waals surface area contributed by atoms with E-state index in [1.54, 1.807) is 25.3 Å². The zero-order chi connectivity index (χ0) is 26.9. The fourth-order valence-corrected chi connectivity index (χ4v) is 5.26. The summed E-state index contributed by atoms with van der Waals surface area (Å²) in [6, 6.07) is 1.71. The molecule has 3 N–H and O–H groups in total. The molecule has 2 aromatic heterocycles. The number of hydrogen-bond acceptors (Lipinski definition) is 8. The summed E-state index contributed by atoms with van der Waals surface area (Å²) in [4.78, 5) is 14.1. The van der Waals surface area contributed by atoms with Crippen LogP contribution in [0, 0.1) is 0 Å². The Kier molecular flexibility index (Phi) is 10.7. The minimum atomic E-state index is -3.72. The van der Waals surface area contributed by atoms with Crippen LogP contribution in [0.5, 0.6) is 0 Å². The van der Waals surface area contributed by atoms with E-state index in [2.05, 4.69) is 26.6 Å². The fourth-order valence-electron chi connectivity index (χ4n) is 3.01. The van der Waals surface area contributed by atoms with E-state index in [1.165, 1.54) is 17.4 Å². The largest absolute Gasteiger partial charge is 0.396 e. The molecule has 0 radical (unpaired) electrons. The highest BCUT2D eigenvalue weighted by Gasteiger charge is 2.27. The summed E-state index contributed by atoms with van der Waals surface area (Å²) in [6.07, 6.45) is 6.22. The van der Waals surface area contributed by atoms with Crippen molar-refractivity contribution in [2.45, 2.75) is 59.3 Å². The van der Waals surface area contributed by atoms with E-state index in [9.17, 15) is 8.42 Å². The summed E-state index contributed by atoms with van der Waals surface area (Å²) >= 11 is 1.38. The lowest BCUT2D eigenvalue weighted by Crippen LogP contribution is -2.25. The second-order valence-electron chi connectivity index (χ2n) is 9.15. The van der Waals surface area contributed by atoms with Crippen molar-refractivity contribution in [3.63, 3.8) is 0 Å². The first kappa shape index (κ1) is 29.6. The van der Waals surface area contributed by atoms with Gasteiger partial charge in [0.25, 0.3) is 0 Å². The van der Waals surface area contributed by atoms with Crippen molar-refractivity contribution in [1.82, 2.24) is 19.7 Å². The molecule has 0 spiro atoms. The van der Waals surface area contributed by atoms with Crippen LogP contribution >= 0.6 is 11.3 Å². The van der Waals surface area contributed by atoms with Gasteiger partial charge < -0.3 is 10.4 Å². The first-order chi connectivity index (χ1) is 16.9. The maximum absolute atomic E-state index is 15.8. The average molecular weight is 538 g/mol. The van der Waals surface area contributed by atoms with Gasteiger partial charge in [0.15, 0.2) is 5.83 Å². The molecular weight excluding hydrogens is 501 g/mol. The van der Waals surface area contributed by atoms with E-state index in [4.69, 9.17) is 10.1 Å². The topological polar surface area (TPSA) is 117 Å². The van der Waals surface area contributed by atoms with Gasteiger partial charge in [0, 0.05) is 30.3 Å². The molecule has 2 rings (SSSR count). The maximum atomic E-state index is 15.8. The van der Waals surface area contributed by atoms with Gasteiger partial charge in [-0.15, -0.1) is 11.3 Å². The SMILES string of the molecule is C=C(/C(F)=C(\C=C/CC)NS(=O)(=O)CCC)c1nc(C(C)(C)C)sc1-c1ccnc(NCCCO)n1. The molecule has 0 aliphatic carbocycles. The van der Waals surface area contributed by atoms with E-state index in [-0.39, 0.29) is 29.0 Å². The normalized spacial score (nSPS) is 13.1. The lowest BCUT2D eigenvalue weighted by atomic mass is 9.98. The van der Waals surface area contributed by atoms with Gasteiger partial charge >= 0.3 is 0 Å².